The van der Waals surface area contributed by atoms with Gasteiger partial charge in [-0.05, 0) is 55.2 Å². The molecule has 1 saturated heterocycles. The van der Waals surface area contributed by atoms with Crippen molar-refractivity contribution in [2.75, 3.05) is 36.0 Å². The normalized spacial score (nSPS) is 13.4. The van der Waals surface area contributed by atoms with Gasteiger partial charge in [0.15, 0.2) is 0 Å². The van der Waals surface area contributed by atoms with Crippen molar-refractivity contribution >= 4 is 23.2 Å². The zero-order valence-electron chi connectivity index (χ0n) is 16.9. The van der Waals surface area contributed by atoms with Crippen LogP contribution in [0.4, 0.5) is 15.8 Å². The molecule has 1 aliphatic heterocycles. The molecule has 0 atom stereocenters. The van der Waals surface area contributed by atoms with Gasteiger partial charge in [0, 0.05) is 50.9 Å². The number of hydrogen-bond donors (Lipinski definition) is 1. The lowest BCUT2D eigenvalue weighted by Gasteiger charge is -2.23. The molecule has 1 fully saturated rings. The smallest absolute Gasteiger partial charge is 0.223 e. The van der Waals surface area contributed by atoms with Crippen LogP contribution in [0.5, 0.6) is 0 Å². The number of benzene rings is 2. The number of carbonyl (C=O) groups is 2. The third-order valence-corrected chi connectivity index (χ3v) is 5.25. The fourth-order valence-corrected chi connectivity index (χ4v) is 3.63. The van der Waals surface area contributed by atoms with Gasteiger partial charge in [-0.3, -0.25) is 9.59 Å². The van der Waals surface area contributed by atoms with Crippen LogP contribution in [0, 0.1) is 5.82 Å². The number of anilines is 2. The molecule has 0 radical (unpaired) electrons. The largest absolute Gasteiger partial charge is 0.372 e. The molecule has 2 aromatic rings. The van der Waals surface area contributed by atoms with E-state index in [1.165, 1.54) is 31.5 Å². The van der Waals surface area contributed by atoms with Gasteiger partial charge in [-0.15, -0.1) is 0 Å². The summed E-state index contributed by atoms with van der Waals surface area (Å²) in [7, 11) is 0. The Kier molecular flexibility index (Phi) is 7.22. The number of halogens is 1. The Morgan fingerprint density at radius 2 is 1.76 bits per heavy atom. The lowest BCUT2D eigenvalue weighted by Crippen LogP contribution is -2.34. The number of nitrogens with zero attached hydrogens (tertiary/aromatic N) is 2. The Morgan fingerprint density at radius 3 is 2.41 bits per heavy atom. The summed E-state index contributed by atoms with van der Waals surface area (Å²) in [5, 5.41) is 2.80. The van der Waals surface area contributed by atoms with Gasteiger partial charge in [0.25, 0.3) is 0 Å². The maximum atomic E-state index is 13.6. The molecule has 29 heavy (non-hydrogen) atoms. The van der Waals surface area contributed by atoms with E-state index >= 15 is 0 Å². The molecule has 3 rings (SSSR count). The molecule has 0 aromatic heterocycles. The Hall–Kier alpha value is -2.89. The minimum absolute atomic E-state index is 0.0990. The maximum absolute atomic E-state index is 13.6. The van der Waals surface area contributed by atoms with Crippen molar-refractivity contribution in [2.45, 2.75) is 32.6 Å². The van der Waals surface area contributed by atoms with Crippen molar-refractivity contribution in [3.05, 3.63) is 59.9 Å². The van der Waals surface area contributed by atoms with Gasteiger partial charge in [0.1, 0.15) is 5.82 Å². The second-order valence-corrected chi connectivity index (χ2v) is 7.32. The highest BCUT2D eigenvalue weighted by molar-refractivity contribution is 5.92. The van der Waals surface area contributed by atoms with Crippen molar-refractivity contribution in [1.29, 1.82) is 0 Å². The molecule has 0 saturated carbocycles. The summed E-state index contributed by atoms with van der Waals surface area (Å²) in [6.45, 7) is 4.32. The van der Waals surface area contributed by atoms with Crippen molar-refractivity contribution < 1.29 is 14.0 Å². The van der Waals surface area contributed by atoms with E-state index in [-0.39, 0.29) is 24.1 Å². The van der Waals surface area contributed by atoms with Gasteiger partial charge in [0.2, 0.25) is 11.8 Å². The molecule has 154 valence electrons. The maximum Gasteiger partial charge on any atom is 0.223 e. The summed E-state index contributed by atoms with van der Waals surface area (Å²) < 4.78 is 13.6. The van der Waals surface area contributed by atoms with Crippen LogP contribution in [0.15, 0.2) is 48.5 Å². The van der Waals surface area contributed by atoms with Gasteiger partial charge in [0.05, 0.1) is 0 Å². The molecule has 2 amide bonds. The van der Waals surface area contributed by atoms with Gasteiger partial charge in [-0.1, -0.05) is 18.2 Å². The Morgan fingerprint density at radius 1 is 1.07 bits per heavy atom. The fourth-order valence-electron chi connectivity index (χ4n) is 3.63. The van der Waals surface area contributed by atoms with Crippen LogP contribution in [0.25, 0.3) is 0 Å². The number of nitrogens with one attached hydrogen (secondary N) is 1. The number of carbonyl (C=O) groups excluding carboxylic acids is 2. The van der Waals surface area contributed by atoms with Crippen LogP contribution in [0.1, 0.15) is 31.7 Å². The highest BCUT2D eigenvalue weighted by Gasteiger charge is 2.16. The molecule has 0 spiro atoms. The van der Waals surface area contributed by atoms with Crippen LogP contribution in [0.2, 0.25) is 0 Å². The van der Waals surface area contributed by atoms with Crippen molar-refractivity contribution in [2.24, 2.45) is 0 Å². The third-order valence-electron chi connectivity index (χ3n) is 5.25. The van der Waals surface area contributed by atoms with E-state index in [1.807, 2.05) is 24.3 Å². The van der Waals surface area contributed by atoms with Gasteiger partial charge < -0.3 is 15.1 Å². The van der Waals surface area contributed by atoms with E-state index in [2.05, 4.69) is 10.2 Å². The van der Waals surface area contributed by atoms with Crippen molar-refractivity contribution in [3.8, 4) is 0 Å². The van der Waals surface area contributed by atoms with Crippen LogP contribution in [-0.4, -0.2) is 38.0 Å². The molecule has 6 heteroatoms. The predicted octanol–water partition coefficient (Wildman–Crippen LogP) is 3.53. The minimum Gasteiger partial charge on any atom is -0.372 e. The zero-order valence-corrected chi connectivity index (χ0v) is 16.9. The fraction of sp³-hybridized carbons (Fsp3) is 0.391. The molecule has 1 aliphatic rings. The van der Waals surface area contributed by atoms with Crippen LogP contribution in [-0.2, 0) is 16.0 Å². The highest BCUT2D eigenvalue weighted by Crippen LogP contribution is 2.24. The molecule has 2 aromatic carbocycles. The molecule has 1 N–H and O–H groups in total. The SMILES string of the molecule is CC(=O)N(CCC(=O)NCCc1ccccc1F)c1ccc(N2CCCC2)cc1. The molecule has 5 nitrogen and oxygen atoms in total. The lowest BCUT2D eigenvalue weighted by atomic mass is 10.1. The van der Waals surface area contributed by atoms with Gasteiger partial charge in [-0.2, -0.15) is 0 Å². The Balaban J connectivity index is 1.49. The first kappa shape index (κ1) is 20.8. The monoisotopic (exact) mass is 397 g/mol. The first-order chi connectivity index (χ1) is 14.0. The molecular formula is C23H28FN3O2. The molecular weight excluding hydrogens is 369 g/mol. The molecule has 0 unspecified atom stereocenters. The molecule has 1 heterocycles. The second kappa shape index (κ2) is 10.0. The Bertz CT molecular complexity index is 832. The lowest BCUT2D eigenvalue weighted by molar-refractivity contribution is -0.121. The summed E-state index contributed by atoms with van der Waals surface area (Å²) in [5.41, 5.74) is 2.54. The summed E-state index contributed by atoms with van der Waals surface area (Å²) in [4.78, 5) is 28.2. The van der Waals surface area contributed by atoms with Crippen LogP contribution in [0.3, 0.4) is 0 Å². The van der Waals surface area contributed by atoms with E-state index in [4.69, 9.17) is 0 Å². The number of hydrogen-bond acceptors (Lipinski definition) is 3. The summed E-state index contributed by atoms with van der Waals surface area (Å²) in [6.07, 6.45) is 3.07. The third kappa shape index (κ3) is 5.79. The zero-order chi connectivity index (χ0) is 20.6. The first-order valence-corrected chi connectivity index (χ1v) is 10.2. The molecule has 0 bridgehead atoms. The number of amides is 2. The highest BCUT2D eigenvalue weighted by atomic mass is 19.1. The van der Waals surface area contributed by atoms with Crippen LogP contribution < -0.4 is 15.1 Å². The Labute approximate surface area is 171 Å². The van der Waals surface area contributed by atoms with Gasteiger partial charge in [-0.25, -0.2) is 4.39 Å². The van der Waals surface area contributed by atoms with E-state index < -0.39 is 0 Å². The summed E-state index contributed by atoms with van der Waals surface area (Å²) in [6, 6.07) is 14.5. The van der Waals surface area contributed by atoms with Crippen molar-refractivity contribution in [3.63, 3.8) is 0 Å². The number of rotatable bonds is 8. The first-order valence-electron chi connectivity index (χ1n) is 10.2. The quantitative estimate of drug-likeness (QED) is 0.741. The van der Waals surface area contributed by atoms with Crippen LogP contribution >= 0.6 is 0 Å². The summed E-state index contributed by atoms with van der Waals surface area (Å²) >= 11 is 0. The topological polar surface area (TPSA) is 52.7 Å². The van der Waals surface area contributed by atoms with Crippen molar-refractivity contribution in [1.82, 2.24) is 5.32 Å². The standard InChI is InChI=1S/C23H28FN3O2/c1-18(28)27(21-10-8-20(9-11-21)26-15-4-5-16-26)17-13-23(29)25-14-12-19-6-2-3-7-22(19)24/h2-3,6-11H,4-5,12-17H2,1H3,(H,25,29). The van der Waals surface area contributed by atoms with E-state index in [1.54, 1.807) is 23.1 Å². The predicted molar refractivity (Wildman–Crippen MR) is 114 cm³/mol. The van der Waals surface area contributed by atoms with E-state index in [0.29, 0.717) is 25.1 Å². The minimum atomic E-state index is -0.262. The average molecular weight is 397 g/mol. The molecule has 0 aliphatic carbocycles. The van der Waals surface area contributed by atoms with E-state index in [0.717, 1.165) is 18.8 Å². The van der Waals surface area contributed by atoms with Gasteiger partial charge >= 0.3 is 0 Å². The average Bonchev–Trinajstić information content (AvgIpc) is 3.25. The second-order valence-electron chi connectivity index (χ2n) is 7.32. The van der Waals surface area contributed by atoms with E-state index in [9.17, 15) is 14.0 Å². The summed E-state index contributed by atoms with van der Waals surface area (Å²) in [5.74, 6) is -0.513.